The summed E-state index contributed by atoms with van der Waals surface area (Å²) in [5.41, 5.74) is 1.58. The van der Waals surface area contributed by atoms with Gasteiger partial charge < -0.3 is 9.80 Å². The van der Waals surface area contributed by atoms with E-state index in [0.717, 1.165) is 11.3 Å². The van der Waals surface area contributed by atoms with Gasteiger partial charge in [-0.15, -0.1) is 0 Å². The summed E-state index contributed by atoms with van der Waals surface area (Å²) in [6.45, 7) is 9.41. The summed E-state index contributed by atoms with van der Waals surface area (Å²) in [4.78, 5) is 4.71. The molecule has 1 rings (SSSR count). The summed E-state index contributed by atoms with van der Waals surface area (Å²) in [5, 5.41) is 0. The van der Waals surface area contributed by atoms with Crippen molar-refractivity contribution in [3.05, 3.63) is 12.4 Å². The lowest BCUT2D eigenvalue weighted by Crippen LogP contribution is -2.36. The van der Waals surface area contributed by atoms with Gasteiger partial charge in [0.25, 0.3) is 0 Å². The molecule has 0 aromatic carbocycles. The summed E-state index contributed by atoms with van der Waals surface area (Å²) >= 11 is 0. The van der Waals surface area contributed by atoms with E-state index in [2.05, 4.69) is 64.0 Å². The zero-order valence-corrected chi connectivity index (χ0v) is 11.1. The fourth-order valence-corrected chi connectivity index (χ4v) is 5.46. The summed E-state index contributed by atoms with van der Waals surface area (Å²) in [7, 11) is 4.40. The maximum atomic E-state index is 2.35. The Morgan fingerprint density at radius 1 is 0.929 bits per heavy atom. The smallest absolute Gasteiger partial charge is 0.120 e. The Morgan fingerprint density at radius 3 is 1.57 bits per heavy atom. The van der Waals surface area contributed by atoms with Crippen LogP contribution in [0.3, 0.4) is 0 Å². The summed E-state index contributed by atoms with van der Waals surface area (Å²) in [6.07, 6.45) is 4.37. The SMILES string of the molecule is CC(C)P(C(C)C)C1N(C)C=CN1C. The van der Waals surface area contributed by atoms with Gasteiger partial charge in [0.1, 0.15) is 5.91 Å². The van der Waals surface area contributed by atoms with Crippen LogP contribution >= 0.6 is 7.92 Å². The molecule has 1 heterocycles. The second-order valence-electron chi connectivity index (χ2n) is 4.61. The van der Waals surface area contributed by atoms with Gasteiger partial charge in [0.15, 0.2) is 0 Å². The Hall–Kier alpha value is -0.230. The Labute approximate surface area is 89.7 Å². The van der Waals surface area contributed by atoms with Gasteiger partial charge in [-0.25, -0.2) is 0 Å². The zero-order chi connectivity index (χ0) is 10.9. The van der Waals surface area contributed by atoms with E-state index >= 15 is 0 Å². The van der Waals surface area contributed by atoms with E-state index in [1.807, 2.05) is 0 Å². The van der Waals surface area contributed by atoms with E-state index in [1.54, 1.807) is 0 Å². The van der Waals surface area contributed by atoms with Gasteiger partial charge in [-0.3, -0.25) is 0 Å². The molecule has 0 unspecified atom stereocenters. The minimum atomic E-state index is 0.0309. The second kappa shape index (κ2) is 4.53. The van der Waals surface area contributed by atoms with E-state index in [0.29, 0.717) is 5.91 Å². The van der Waals surface area contributed by atoms with Crippen LogP contribution in [0, 0.1) is 0 Å². The van der Waals surface area contributed by atoms with E-state index in [9.17, 15) is 0 Å². The van der Waals surface area contributed by atoms with Crippen LogP contribution in [0.25, 0.3) is 0 Å². The van der Waals surface area contributed by atoms with E-state index < -0.39 is 0 Å². The molecule has 0 saturated heterocycles. The minimum absolute atomic E-state index is 0.0309. The molecular formula is C11H23N2P. The Kier molecular flexibility index (Phi) is 3.83. The van der Waals surface area contributed by atoms with Crippen LogP contribution < -0.4 is 0 Å². The number of hydrogen-bond donors (Lipinski definition) is 0. The Morgan fingerprint density at radius 2 is 1.29 bits per heavy atom. The van der Waals surface area contributed by atoms with Gasteiger partial charge in [-0.1, -0.05) is 35.6 Å². The first-order chi connectivity index (χ1) is 6.45. The molecule has 1 aliphatic heterocycles. The van der Waals surface area contributed by atoms with E-state index in [4.69, 9.17) is 0 Å². The number of hydrogen-bond acceptors (Lipinski definition) is 2. The normalized spacial score (nSPS) is 18.4. The minimum Gasteiger partial charge on any atom is -0.356 e. The first-order valence-electron chi connectivity index (χ1n) is 5.34. The third-order valence-electron chi connectivity index (χ3n) is 2.72. The summed E-state index contributed by atoms with van der Waals surface area (Å²) in [5.74, 6) is 0.602. The van der Waals surface area contributed by atoms with Crippen molar-refractivity contribution in [3.63, 3.8) is 0 Å². The van der Waals surface area contributed by atoms with Crippen LogP contribution in [0.2, 0.25) is 0 Å². The molecule has 0 radical (unpaired) electrons. The Balaban J connectivity index is 2.78. The lowest BCUT2D eigenvalue weighted by atomic mass is 10.5. The predicted octanol–water partition coefficient (Wildman–Crippen LogP) is 2.92. The van der Waals surface area contributed by atoms with Gasteiger partial charge in [0, 0.05) is 26.5 Å². The van der Waals surface area contributed by atoms with Gasteiger partial charge in [-0.2, -0.15) is 0 Å². The van der Waals surface area contributed by atoms with Crippen molar-refractivity contribution < 1.29 is 0 Å². The molecule has 2 nitrogen and oxygen atoms in total. The van der Waals surface area contributed by atoms with Gasteiger partial charge in [-0.05, 0) is 11.3 Å². The summed E-state index contributed by atoms with van der Waals surface area (Å²) < 4.78 is 0. The molecule has 14 heavy (non-hydrogen) atoms. The molecule has 0 saturated carbocycles. The van der Waals surface area contributed by atoms with Crippen LogP contribution in [-0.2, 0) is 0 Å². The third kappa shape index (κ3) is 2.23. The molecule has 0 aromatic heterocycles. The standard InChI is InChI=1S/C11H23N2P/c1-9(2)14(10(3)4)11-12(5)7-8-13(11)6/h7-11H,1-6H3. The summed E-state index contributed by atoms with van der Waals surface area (Å²) in [6, 6.07) is 0. The van der Waals surface area contributed by atoms with Crippen molar-refractivity contribution in [1.82, 2.24) is 9.80 Å². The molecule has 0 aliphatic carbocycles. The molecule has 82 valence electrons. The van der Waals surface area contributed by atoms with Crippen LogP contribution in [-0.4, -0.2) is 41.1 Å². The monoisotopic (exact) mass is 214 g/mol. The maximum absolute atomic E-state index is 2.35. The van der Waals surface area contributed by atoms with Crippen LogP contribution in [0.4, 0.5) is 0 Å². The van der Waals surface area contributed by atoms with Crippen molar-refractivity contribution in [3.8, 4) is 0 Å². The molecule has 0 amide bonds. The lowest BCUT2D eigenvalue weighted by Gasteiger charge is -2.39. The van der Waals surface area contributed by atoms with Crippen LogP contribution in [0.5, 0.6) is 0 Å². The number of nitrogens with zero attached hydrogens (tertiary/aromatic N) is 2. The molecule has 1 aliphatic rings. The first-order valence-corrected chi connectivity index (χ1v) is 6.89. The molecule has 3 heteroatoms. The van der Waals surface area contributed by atoms with E-state index in [-0.39, 0.29) is 7.92 Å². The van der Waals surface area contributed by atoms with Crippen molar-refractivity contribution in [2.45, 2.75) is 44.9 Å². The molecule has 0 spiro atoms. The van der Waals surface area contributed by atoms with Gasteiger partial charge >= 0.3 is 0 Å². The predicted molar refractivity (Wildman–Crippen MR) is 65.6 cm³/mol. The average Bonchev–Trinajstić information content (AvgIpc) is 2.34. The van der Waals surface area contributed by atoms with Gasteiger partial charge in [0.2, 0.25) is 0 Å². The number of rotatable bonds is 3. The zero-order valence-electron chi connectivity index (χ0n) is 10.2. The van der Waals surface area contributed by atoms with Crippen LogP contribution in [0.15, 0.2) is 12.4 Å². The van der Waals surface area contributed by atoms with Crippen molar-refractivity contribution in [1.29, 1.82) is 0 Å². The molecular weight excluding hydrogens is 191 g/mol. The average molecular weight is 214 g/mol. The first kappa shape index (κ1) is 11.8. The Bertz CT molecular complexity index is 193. The second-order valence-corrected chi connectivity index (χ2v) is 8.03. The fourth-order valence-electron chi connectivity index (χ4n) is 2.20. The van der Waals surface area contributed by atoms with Crippen molar-refractivity contribution >= 4 is 7.92 Å². The molecule has 0 aromatic rings. The van der Waals surface area contributed by atoms with E-state index in [1.165, 1.54) is 0 Å². The van der Waals surface area contributed by atoms with Crippen LogP contribution in [0.1, 0.15) is 27.7 Å². The highest BCUT2D eigenvalue weighted by Crippen LogP contribution is 2.53. The highest BCUT2D eigenvalue weighted by molar-refractivity contribution is 7.59. The molecule has 0 fully saturated rings. The fraction of sp³-hybridized carbons (Fsp3) is 0.818. The lowest BCUT2D eigenvalue weighted by molar-refractivity contribution is 0.292. The van der Waals surface area contributed by atoms with Crippen molar-refractivity contribution in [2.75, 3.05) is 14.1 Å². The largest absolute Gasteiger partial charge is 0.356 e. The molecule has 0 N–H and O–H groups in total. The third-order valence-corrected chi connectivity index (χ3v) is 6.37. The maximum Gasteiger partial charge on any atom is 0.120 e. The highest BCUT2D eigenvalue weighted by Gasteiger charge is 2.33. The highest BCUT2D eigenvalue weighted by atomic mass is 31.1. The van der Waals surface area contributed by atoms with Gasteiger partial charge in [0.05, 0.1) is 0 Å². The quantitative estimate of drug-likeness (QED) is 0.666. The molecule has 0 bridgehead atoms. The van der Waals surface area contributed by atoms with Crippen molar-refractivity contribution in [2.24, 2.45) is 0 Å². The molecule has 0 atom stereocenters. The topological polar surface area (TPSA) is 6.48 Å².